The molecular formula is C56H38N2OSi. The fourth-order valence-electron chi connectivity index (χ4n) is 9.94. The van der Waals surface area contributed by atoms with Crippen molar-refractivity contribution in [3.05, 3.63) is 231 Å². The molecule has 0 atom stereocenters. The normalized spacial score (nSPS) is 12.0. The number of hydrogen-bond acceptors (Lipinski definition) is 1. The second kappa shape index (κ2) is 13.7. The van der Waals surface area contributed by atoms with Crippen LogP contribution in [0.3, 0.4) is 0 Å². The molecule has 3 nitrogen and oxygen atoms in total. The van der Waals surface area contributed by atoms with Crippen LogP contribution in [0.25, 0.3) is 77.3 Å². The molecule has 0 aliphatic carbocycles. The molecule has 0 aliphatic rings. The summed E-state index contributed by atoms with van der Waals surface area (Å²) >= 11 is 0. The van der Waals surface area contributed by atoms with E-state index in [0.717, 1.165) is 50.1 Å². The second-order valence-corrected chi connectivity index (χ2v) is 19.4. The molecule has 60 heavy (non-hydrogen) atoms. The van der Waals surface area contributed by atoms with Crippen molar-refractivity contribution in [1.29, 1.82) is 0 Å². The Balaban J connectivity index is 1.07. The van der Waals surface area contributed by atoms with Crippen LogP contribution in [-0.2, 0) is 0 Å². The van der Waals surface area contributed by atoms with E-state index in [9.17, 15) is 0 Å². The summed E-state index contributed by atoms with van der Waals surface area (Å²) in [5.41, 5.74) is 9.62. The number of furan rings is 1. The van der Waals surface area contributed by atoms with Gasteiger partial charge >= 0.3 is 0 Å². The van der Waals surface area contributed by atoms with Crippen LogP contribution in [-0.4, -0.2) is 17.2 Å². The van der Waals surface area contributed by atoms with Crippen LogP contribution in [0.1, 0.15) is 0 Å². The Hall–Kier alpha value is -7.66. The molecule has 0 radical (unpaired) electrons. The maximum atomic E-state index is 6.99. The zero-order chi connectivity index (χ0) is 39.6. The average molecular weight is 783 g/mol. The molecule has 12 aromatic rings. The maximum absolute atomic E-state index is 6.99. The van der Waals surface area contributed by atoms with Crippen LogP contribution in [0, 0.1) is 0 Å². The number of rotatable bonds is 7. The van der Waals surface area contributed by atoms with Gasteiger partial charge < -0.3 is 8.98 Å². The average Bonchev–Trinajstić information content (AvgIpc) is 3.98. The minimum absolute atomic E-state index is 0.861. The Morgan fingerprint density at radius 1 is 0.333 bits per heavy atom. The van der Waals surface area contributed by atoms with Crippen molar-refractivity contribution in [3.63, 3.8) is 0 Å². The van der Waals surface area contributed by atoms with Gasteiger partial charge in [-0.05, 0) is 68.8 Å². The molecule has 3 heterocycles. The summed E-state index contributed by atoms with van der Waals surface area (Å²) in [6.45, 7) is 0. The van der Waals surface area contributed by atoms with Gasteiger partial charge in [0.05, 0.1) is 21.9 Å². The maximum Gasteiger partial charge on any atom is 0.213 e. The van der Waals surface area contributed by atoms with E-state index in [0.29, 0.717) is 0 Å². The Kier molecular flexibility index (Phi) is 7.87. The van der Waals surface area contributed by atoms with E-state index in [4.69, 9.17) is 4.42 Å². The number of benzene rings is 9. The van der Waals surface area contributed by atoms with E-state index in [2.05, 4.69) is 240 Å². The Morgan fingerprint density at radius 3 is 1.52 bits per heavy atom. The summed E-state index contributed by atoms with van der Waals surface area (Å²) in [4.78, 5) is 0. The van der Waals surface area contributed by atoms with E-state index < -0.39 is 8.07 Å². The molecule has 12 rings (SSSR count). The lowest BCUT2D eigenvalue weighted by Crippen LogP contribution is -2.74. The predicted molar refractivity (Wildman–Crippen MR) is 254 cm³/mol. The molecule has 0 N–H and O–H groups in total. The molecule has 9 aromatic carbocycles. The molecule has 4 heteroatoms. The van der Waals surface area contributed by atoms with Gasteiger partial charge in [0.25, 0.3) is 0 Å². The van der Waals surface area contributed by atoms with Crippen LogP contribution < -0.4 is 20.7 Å². The van der Waals surface area contributed by atoms with E-state index >= 15 is 0 Å². The first-order chi connectivity index (χ1) is 29.8. The summed E-state index contributed by atoms with van der Waals surface area (Å²) < 4.78 is 11.7. The third-order valence-electron chi connectivity index (χ3n) is 12.5. The molecule has 0 saturated heterocycles. The summed E-state index contributed by atoms with van der Waals surface area (Å²) in [5.74, 6) is 0. The highest BCUT2D eigenvalue weighted by molar-refractivity contribution is 7.20. The van der Waals surface area contributed by atoms with E-state index in [1.807, 2.05) is 0 Å². The number of hydrogen-bond donors (Lipinski definition) is 0. The van der Waals surface area contributed by atoms with Crippen LogP contribution >= 0.6 is 0 Å². The number of para-hydroxylation sites is 4. The third kappa shape index (κ3) is 5.08. The zero-order valence-electron chi connectivity index (χ0n) is 32.7. The van der Waals surface area contributed by atoms with Crippen molar-refractivity contribution >= 4 is 83.6 Å². The number of fused-ring (bicyclic) bond motifs is 8. The first kappa shape index (κ1) is 34.4. The van der Waals surface area contributed by atoms with Gasteiger partial charge in [-0.1, -0.05) is 188 Å². The smallest absolute Gasteiger partial charge is 0.213 e. The second-order valence-electron chi connectivity index (χ2n) is 15.6. The van der Waals surface area contributed by atoms with Crippen molar-refractivity contribution in [3.8, 4) is 22.5 Å². The molecule has 3 aromatic heterocycles. The first-order valence-corrected chi connectivity index (χ1v) is 22.6. The SMILES string of the molecule is c1ccc(-n2c3ccccc3c3c4cccc(-c5cccc(-n6c7ccccc7c7cc([Si](c8ccccc8)(c8ccccc8)c8ccccc8)ccc76)c5)c4oc32)cc1. The van der Waals surface area contributed by atoms with Gasteiger partial charge in [-0.2, -0.15) is 0 Å². The summed E-state index contributed by atoms with van der Waals surface area (Å²) in [6.07, 6.45) is 0. The van der Waals surface area contributed by atoms with Crippen LogP contribution in [0.15, 0.2) is 235 Å². The van der Waals surface area contributed by atoms with Gasteiger partial charge in [0.15, 0.2) is 8.07 Å². The van der Waals surface area contributed by atoms with Gasteiger partial charge in [-0.25, -0.2) is 0 Å². The van der Waals surface area contributed by atoms with Gasteiger partial charge in [0.1, 0.15) is 5.58 Å². The summed E-state index contributed by atoms with van der Waals surface area (Å²) in [5, 5.41) is 11.4. The van der Waals surface area contributed by atoms with E-state index in [1.54, 1.807) is 0 Å². The monoisotopic (exact) mass is 782 g/mol. The number of nitrogens with zero attached hydrogens (tertiary/aromatic N) is 2. The molecule has 0 aliphatic heterocycles. The highest BCUT2D eigenvalue weighted by Crippen LogP contribution is 2.43. The minimum atomic E-state index is -2.73. The van der Waals surface area contributed by atoms with Crippen molar-refractivity contribution in [2.75, 3.05) is 0 Å². The van der Waals surface area contributed by atoms with Crippen LogP contribution in [0.5, 0.6) is 0 Å². The topological polar surface area (TPSA) is 23.0 Å². The molecule has 0 amide bonds. The minimum Gasteiger partial charge on any atom is -0.438 e. The lowest BCUT2D eigenvalue weighted by molar-refractivity contribution is 0.646. The molecular weight excluding hydrogens is 745 g/mol. The van der Waals surface area contributed by atoms with Crippen LogP contribution in [0.4, 0.5) is 0 Å². The predicted octanol–water partition coefficient (Wildman–Crippen LogP) is 11.7. The lowest BCUT2D eigenvalue weighted by Gasteiger charge is -2.34. The molecule has 0 spiro atoms. The Labute approximate surface area is 348 Å². The standard InChI is InChI=1S/C56H38N2OSi/c1-5-20-40(21-6-1)58-52-34-16-14-30-48(52)54-49-32-18-31-46(55(49)59-56(54)58)39-19-17-22-41(37-39)57-51-33-15-13-29-47(51)50-38-45(35-36-53(50)57)60(42-23-7-2-8-24-42,43-25-9-3-10-26-43)44-27-11-4-12-28-44/h1-38H. The quantitative estimate of drug-likeness (QED) is 0.117. The fourth-order valence-corrected chi connectivity index (χ4v) is 14.7. The lowest BCUT2D eigenvalue weighted by atomic mass is 10.0. The first-order valence-electron chi connectivity index (χ1n) is 20.6. The van der Waals surface area contributed by atoms with Gasteiger partial charge in [0, 0.05) is 38.5 Å². The molecule has 0 saturated carbocycles. The van der Waals surface area contributed by atoms with Crippen molar-refractivity contribution in [2.24, 2.45) is 0 Å². The van der Waals surface area contributed by atoms with Crippen molar-refractivity contribution in [2.45, 2.75) is 0 Å². The largest absolute Gasteiger partial charge is 0.438 e. The van der Waals surface area contributed by atoms with Gasteiger partial charge in [-0.3, -0.25) is 4.57 Å². The highest BCUT2D eigenvalue weighted by atomic mass is 28.3. The van der Waals surface area contributed by atoms with Gasteiger partial charge in [0.2, 0.25) is 5.71 Å². The van der Waals surface area contributed by atoms with Crippen molar-refractivity contribution in [1.82, 2.24) is 9.13 Å². The fraction of sp³-hybridized carbons (Fsp3) is 0. The Morgan fingerprint density at radius 2 is 0.850 bits per heavy atom. The number of aromatic nitrogens is 2. The van der Waals surface area contributed by atoms with Crippen molar-refractivity contribution < 1.29 is 4.42 Å². The van der Waals surface area contributed by atoms with Gasteiger partial charge in [-0.15, -0.1) is 0 Å². The van der Waals surface area contributed by atoms with E-state index in [-0.39, 0.29) is 0 Å². The molecule has 282 valence electrons. The molecule has 0 unspecified atom stereocenters. The van der Waals surface area contributed by atoms with Crippen LogP contribution in [0.2, 0.25) is 0 Å². The Bertz CT molecular complexity index is 3430. The molecule has 0 fully saturated rings. The highest BCUT2D eigenvalue weighted by Gasteiger charge is 2.41. The molecule has 0 bridgehead atoms. The third-order valence-corrected chi connectivity index (χ3v) is 17.2. The zero-order valence-corrected chi connectivity index (χ0v) is 33.7. The summed E-state index contributed by atoms with van der Waals surface area (Å²) in [7, 11) is -2.73. The van der Waals surface area contributed by atoms with E-state index in [1.165, 1.54) is 47.9 Å². The summed E-state index contributed by atoms with van der Waals surface area (Å²) in [6, 6.07) is 84.2.